The monoisotopic (exact) mass is 316 g/mol. The van der Waals surface area contributed by atoms with Crippen LogP contribution in [0.2, 0.25) is 0 Å². The van der Waals surface area contributed by atoms with Gasteiger partial charge in [-0.15, -0.1) is 0 Å². The highest BCUT2D eigenvalue weighted by Gasteiger charge is 2.19. The Morgan fingerprint density at radius 1 is 1.39 bits per heavy atom. The number of methoxy groups -OCH3 is 1. The molecule has 2 rings (SSSR count). The smallest absolute Gasteiger partial charge is 0.246 e. The van der Waals surface area contributed by atoms with Crippen LogP contribution in [0.3, 0.4) is 0 Å². The largest absolute Gasteiger partial charge is 0.493 e. The molecule has 1 N–H and O–H groups in total. The number of hydrogen-bond donors (Lipinski definition) is 1. The van der Waals surface area contributed by atoms with Crippen LogP contribution in [0.5, 0.6) is 11.5 Å². The van der Waals surface area contributed by atoms with Gasteiger partial charge in [-0.05, 0) is 23.8 Å². The highest BCUT2D eigenvalue weighted by atomic mass is 16.5. The lowest BCUT2D eigenvalue weighted by atomic mass is 10.2. The van der Waals surface area contributed by atoms with Gasteiger partial charge in [-0.2, -0.15) is 5.26 Å². The number of quaternary nitrogens is 1. The number of carbonyl (C=O) groups excluding carboxylic acids is 1. The van der Waals surface area contributed by atoms with Crippen molar-refractivity contribution in [2.45, 2.75) is 0 Å². The van der Waals surface area contributed by atoms with Gasteiger partial charge in [0.25, 0.3) is 0 Å². The first-order chi connectivity index (χ1) is 11.1. The third-order valence-electron chi connectivity index (χ3n) is 3.83. The summed E-state index contributed by atoms with van der Waals surface area (Å²) >= 11 is 0. The number of likely N-dealkylation sites (N-methyl/N-ethyl adjacent to an activating group) is 1. The normalized spacial score (nSPS) is 15.4. The van der Waals surface area contributed by atoms with E-state index in [0.717, 1.165) is 31.7 Å². The van der Waals surface area contributed by atoms with Gasteiger partial charge in [-0.25, -0.2) is 0 Å². The molecule has 1 aromatic rings. The fourth-order valence-electron chi connectivity index (χ4n) is 2.40. The zero-order valence-electron chi connectivity index (χ0n) is 13.5. The Morgan fingerprint density at radius 2 is 2.13 bits per heavy atom. The third-order valence-corrected chi connectivity index (χ3v) is 3.83. The van der Waals surface area contributed by atoms with E-state index >= 15 is 0 Å². The number of piperazine rings is 1. The predicted molar refractivity (Wildman–Crippen MR) is 86.3 cm³/mol. The van der Waals surface area contributed by atoms with Crippen LogP contribution in [0.15, 0.2) is 24.3 Å². The Balaban J connectivity index is 2.01. The van der Waals surface area contributed by atoms with Gasteiger partial charge in [-0.1, -0.05) is 6.07 Å². The van der Waals surface area contributed by atoms with Gasteiger partial charge in [0.15, 0.2) is 18.1 Å². The summed E-state index contributed by atoms with van der Waals surface area (Å²) in [5.74, 6) is 1.08. The van der Waals surface area contributed by atoms with Crippen molar-refractivity contribution in [3.63, 3.8) is 0 Å². The topological polar surface area (TPSA) is 67.0 Å². The van der Waals surface area contributed by atoms with Gasteiger partial charge in [0.2, 0.25) is 5.91 Å². The van der Waals surface area contributed by atoms with E-state index < -0.39 is 0 Å². The Morgan fingerprint density at radius 3 is 2.78 bits per heavy atom. The summed E-state index contributed by atoms with van der Waals surface area (Å²) in [7, 11) is 3.68. The lowest BCUT2D eigenvalue weighted by molar-refractivity contribution is -0.883. The van der Waals surface area contributed by atoms with Crippen LogP contribution < -0.4 is 14.4 Å². The summed E-state index contributed by atoms with van der Waals surface area (Å²) in [5, 5.41) is 8.56. The van der Waals surface area contributed by atoms with Crippen LogP contribution in [-0.2, 0) is 4.79 Å². The van der Waals surface area contributed by atoms with Crippen LogP contribution >= 0.6 is 0 Å². The second kappa shape index (κ2) is 8.20. The highest BCUT2D eigenvalue weighted by molar-refractivity contribution is 5.91. The van der Waals surface area contributed by atoms with Crippen LogP contribution in [0.4, 0.5) is 0 Å². The van der Waals surface area contributed by atoms with Crippen molar-refractivity contribution in [2.24, 2.45) is 0 Å². The summed E-state index contributed by atoms with van der Waals surface area (Å²) in [6, 6.07) is 7.26. The lowest BCUT2D eigenvalue weighted by Gasteiger charge is -2.29. The number of nitrogens with one attached hydrogen (secondary N) is 1. The van der Waals surface area contributed by atoms with Gasteiger partial charge < -0.3 is 19.3 Å². The van der Waals surface area contributed by atoms with Crippen LogP contribution in [0.25, 0.3) is 6.08 Å². The maximum atomic E-state index is 12.2. The summed E-state index contributed by atoms with van der Waals surface area (Å²) < 4.78 is 10.5. The molecule has 122 valence electrons. The number of amides is 1. The molecule has 1 aliphatic heterocycles. The Bertz CT molecular complexity index is 614. The molecule has 1 fully saturated rings. The van der Waals surface area contributed by atoms with E-state index in [-0.39, 0.29) is 12.5 Å². The van der Waals surface area contributed by atoms with Gasteiger partial charge in [0.1, 0.15) is 6.07 Å². The van der Waals surface area contributed by atoms with Crippen molar-refractivity contribution < 1.29 is 19.2 Å². The molecule has 0 aliphatic carbocycles. The molecule has 1 aliphatic rings. The Kier molecular flexibility index (Phi) is 6.01. The minimum absolute atomic E-state index is 0.0290. The fourth-order valence-corrected chi connectivity index (χ4v) is 2.40. The van der Waals surface area contributed by atoms with Gasteiger partial charge in [-0.3, -0.25) is 4.79 Å². The zero-order chi connectivity index (χ0) is 16.7. The number of hydrogen-bond acceptors (Lipinski definition) is 4. The number of nitrogens with zero attached hydrogens (tertiary/aromatic N) is 2. The van der Waals surface area contributed by atoms with E-state index in [1.165, 1.54) is 4.90 Å². The molecule has 6 nitrogen and oxygen atoms in total. The quantitative estimate of drug-likeness (QED) is 0.775. The molecule has 6 heteroatoms. The average Bonchev–Trinajstić information content (AvgIpc) is 2.58. The van der Waals surface area contributed by atoms with Crippen molar-refractivity contribution in [1.29, 1.82) is 5.26 Å². The van der Waals surface area contributed by atoms with Crippen LogP contribution in [-0.4, -0.2) is 57.8 Å². The molecular formula is C17H22N3O3+. The van der Waals surface area contributed by atoms with E-state index in [9.17, 15) is 4.79 Å². The maximum absolute atomic E-state index is 12.2. The van der Waals surface area contributed by atoms with Crippen molar-refractivity contribution in [3.8, 4) is 17.6 Å². The first-order valence-corrected chi connectivity index (χ1v) is 7.60. The molecule has 23 heavy (non-hydrogen) atoms. The number of ether oxygens (including phenoxy) is 2. The highest BCUT2D eigenvalue weighted by Crippen LogP contribution is 2.28. The summed E-state index contributed by atoms with van der Waals surface area (Å²) in [6.07, 6.45) is 3.36. The lowest BCUT2D eigenvalue weighted by Crippen LogP contribution is -3.12. The van der Waals surface area contributed by atoms with E-state index in [1.54, 1.807) is 31.4 Å². The van der Waals surface area contributed by atoms with Crippen molar-refractivity contribution >= 4 is 12.0 Å². The standard InChI is InChI=1S/C17H21N3O3/c1-19-8-10-20(11-9-19)17(21)6-4-14-3-5-15(23-12-7-18)16(13-14)22-2/h3-6,13H,8-12H2,1-2H3/p+1/b6-4+. The first-order valence-electron chi connectivity index (χ1n) is 7.60. The first kappa shape index (κ1) is 16.8. The van der Waals surface area contributed by atoms with E-state index in [1.807, 2.05) is 17.0 Å². The second-order valence-electron chi connectivity index (χ2n) is 5.47. The Hall–Kier alpha value is -2.52. The average molecular weight is 316 g/mol. The molecule has 0 aromatic heterocycles. The zero-order valence-corrected chi connectivity index (χ0v) is 13.5. The molecule has 0 spiro atoms. The number of nitriles is 1. The molecule has 0 saturated carbocycles. The van der Waals surface area contributed by atoms with Crippen LogP contribution in [0, 0.1) is 11.3 Å². The number of benzene rings is 1. The van der Waals surface area contributed by atoms with Gasteiger partial charge >= 0.3 is 0 Å². The predicted octanol–water partition coefficient (Wildman–Crippen LogP) is -0.0323. The second-order valence-corrected chi connectivity index (χ2v) is 5.47. The van der Waals surface area contributed by atoms with Gasteiger partial charge in [0.05, 0.1) is 40.3 Å². The maximum Gasteiger partial charge on any atom is 0.246 e. The molecule has 0 unspecified atom stereocenters. The minimum atomic E-state index is -0.0323. The van der Waals surface area contributed by atoms with Crippen molar-refractivity contribution in [3.05, 3.63) is 29.8 Å². The minimum Gasteiger partial charge on any atom is -0.493 e. The third kappa shape index (κ3) is 4.73. The number of rotatable bonds is 5. The summed E-state index contributed by atoms with van der Waals surface area (Å²) in [5.41, 5.74) is 0.847. The fraction of sp³-hybridized carbons (Fsp3) is 0.412. The molecular weight excluding hydrogens is 294 g/mol. The van der Waals surface area contributed by atoms with E-state index in [2.05, 4.69) is 7.05 Å². The van der Waals surface area contributed by atoms with Crippen molar-refractivity contribution in [1.82, 2.24) is 4.90 Å². The number of carbonyl (C=O) groups is 1. The van der Waals surface area contributed by atoms with Crippen molar-refractivity contribution in [2.75, 3.05) is 46.9 Å². The molecule has 1 heterocycles. The molecule has 0 bridgehead atoms. The van der Waals surface area contributed by atoms with E-state index in [4.69, 9.17) is 14.7 Å². The molecule has 0 atom stereocenters. The van der Waals surface area contributed by atoms with Gasteiger partial charge in [0, 0.05) is 6.08 Å². The molecule has 1 aromatic carbocycles. The van der Waals surface area contributed by atoms with E-state index in [0.29, 0.717) is 11.5 Å². The van der Waals surface area contributed by atoms with Crippen LogP contribution in [0.1, 0.15) is 5.56 Å². The molecule has 1 saturated heterocycles. The molecule has 1 amide bonds. The summed E-state index contributed by atoms with van der Waals surface area (Å²) in [6.45, 7) is 3.52. The molecule has 0 radical (unpaired) electrons. The Labute approximate surface area is 136 Å². The summed E-state index contributed by atoms with van der Waals surface area (Å²) in [4.78, 5) is 15.5. The SMILES string of the molecule is COc1cc(/C=C/C(=O)N2CC[NH+](C)CC2)ccc1OCC#N.